The average Bonchev–Trinajstić information content (AvgIpc) is 2.63. The minimum atomic E-state index is -0.658. The lowest BCUT2D eigenvalue weighted by Gasteiger charge is -2.48. The summed E-state index contributed by atoms with van der Waals surface area (Å²) in [7, 11) is 0. The Morgan fingerprint density at radius 1 is 1.37 bits per heavy atom. The quantitative estimate of drug-likeness (QED) is 0.675. The normalized spacial score (nSPS) is 45.9. The number of ether oxygens (including phenoxy) is 1. The molecule has 3 aliphatic rings. The molecule has 4 heteroatoms. The zero-order valence-electron chi connectivity index (χ0n) is 11.6. The Hall–Kier alpha value is -1.16. The van der Waals surface area contributed by atoms with Crippen LogP contribution in [-0.2, 0) is 14.3 Å². The molecule has 1 heterocycles. The number of carbonyl (C=O) groups excluding carboxylic acids is 2. The van der Waals surface area contributed by atoms with Crippen molar-refractivity contribution < 1.29 is 19.4 Å². The maximum Gasteiger partial charge on any atom is 0.309 e. The molecule has 19 heavy (non-hydrogen) atoms. The van der Waals surface area contributed by atoms with Crippen molar-refractivity contribution in [3.63, 3.8) is 0 Å². The largest absolute Gasteiger partial charge is 0.457 e. The molecule has 3 rings (SSSR count). The van der Waals surface area contributed by atoms with Crippen LogP contribution >= 0.6 is 0 Å². The molecule has 0 bridgehead atoms. The van der Waals surface area contributed by atoms with Crippen LogP contribution in [0, 0.1) is 17.3 Å². The number of carbonyl (C=O) groups is 2. The maximum atomic E-state index is 12.0. The fourth-order valence-corrected chi connectivity index (χ4v) is 4.05. The molecule has 1 saturated heterocycles. The number of hydrogen-bond donors (Lipinski definition) is 1. The molecule has 2 fully saturated rings. The minimum absolute atomic E-state index is 0.0174. The van der Waals surface area contributed by atoms with Gasteiger partial charge in [0, 0.05) is 17.8 Å². The smallest absolute Gasteiger partial charge is 0.309 e. The SMILES string of the molecule is CC1=C2[C@@H]3OC(=O)[C@@H](C)[C@@H]3CC[C@@]2(C)[C@H](O)CC1=O. The van der Waals surface area contributed by atoms with E-state index >= 15 is 0 Å². The van der Waals surface area contributed by atoms with Crippen molar-refractivity contribution in [2.45, 2.75) is 52.2 Å². The number of hydrogen-bond acceptors (Lipinski definition) is 4. The molecule has 0 unspecified atom stereocenters. The second kappa shape index (κ2) is 3.92. The lowest BCUT2D eigenvalue weighted by atomic mass is 9.58. The summed E-state index contributed by atoms with van der Waals surface area (Å²) in [6.45, 7) is 5.70. The second-order valence-corrected chi connectivity index (χ2v) is 6.45. The Balaban J connectivity index is 2.11. The van der Waals surface area contributed by atoms with Gasteiger partial charge in [0.2, 0.25) is 0 Å². The maximum absolute atomic E-state index is 12.0. The number of fused-ring (bicyclic) bond motifs is 3. The van der Waals surface area contributed by atoms with Crippen LogP contribution in [-0.4, -0.2) is 29.1 Å². The van der Waals surface area contributed by atoms with Crippen molar-refractivity contribution >= 4 is 11.8 Å². The van der Waals surface area contributed by atoms with Gasteiger partial charge in [0.1, 0.15) is 6.10 Å². The van der Waals surface area contributed by atoms with Crippen molar-refractivity contribution in [3.05, 3.63) is 11.1 Å². The summed E-state index contributed by atoms with van der Waals surface area (Å²) in [5.74, 6) is -0.143. The third kappa shape index (κ3) is 1.55. The topological polar surface area (TPSA) is 63.6 Å². The van der Waals surface area contributed by atoms with Gasteiger partial charge in [-0.3, -0.25) is 9.59 Å². The van der Waals surface area contributed by atoms with Gasteiger partial charge in [0.25, 0.3) is 0 Å². The van der Waals surface area contributed by atoms with E-state index in [0.717, 1.165) is 18.4 Å². The molecule has 0 aromatic heterocycles. The molecular formula is C15H20O4. The highest BCUT2D eigenvalue weighted by molar-refractivity contribution is 5.97. The lowest BCUT2D eigenvalue weighted by Crippen LogP contribution is -2.49. The van der Waals surface area contributed by atoms with Crippen molar-refractivity contribution in [1.82, 2.24) is 0 Å². The summed E-state index contributed by atoms with van der Waals surface area (Å²) in [6, 6.07) is 0. The Kier molecular flexibility index (Phi) is 2.65. The monoisotopic (exact) mass is 264 g/mol. The van der Waals surface area contributed by atoms with E-state index < -0.39 is 11.5 Å². The number of Topliss-reactive ketones (excluding diaryl/α,β-unsaturated/α-hetero) is 1. The Labute approximate surface area is 112 Å². The summed E-state index contributed by atoms with van der Waals surface area (Å²) in [5.41, 5.74) is 1.17. The van der Waals surface area contributed by atoms with Gasteiger partial charge in [-0.2, -0.15) is 0 Å². The standard InChI is InChI=1S/C15H20O4/c1-7-9-4-5-15(3)11(17)6-10(16)8(2)12(15)13(9)19-14(7)18/h7,9,11,13,17H,4-6H2,1-3H3/t7-,9-,11+,13+,15-/m0/s1. The fourth-order valence-electron chi connectivity index (χ4n) is 4.05. The molecule has 5 atom stereocenters. The van der Waals surface area contributed by atoms with E-state index in [1.54, 1.807) is 6.92 Å². The van der Waals surface area contributed by atoms with Gasteiger partial charge < -0.3 is 9.84 Å². The molecule has 1 aliphatic heterocycles. The molecule has 4 nitrogen and oxygen atoms in total. The van der Waals surface area contributed by atoms with Gasteiger partial charge in [-0.05, 0) is 30.9 Å². The van der Waals surface area contributed by atoms with E-state index in [1.807, 2.05) is 13.8 Å². The van der Waals surface area contributed by atoms with Gasteiger partial charge in [-0.1, -0.05) is 13.8 Å². The van der Waals surface area contributed by atoms with Crippen molar-refractivity contribution in [2.24, 2.45) is 17.3 Å². The minimum Gasteiger partial charge on any atom is -0.457 e. The van der Waals surface area contributed by atoms with Crippen LogP contribution in [0.3, 0.4) is 0 Å². The van der Waals surface area contributed by atoms with Crippen LogP contribution < -0.4 is 0 Å². The number of rotatable bonds is 0. The number of aliphatic hydroxyl groups excluding tert-OH is 1. The van der Waals surface area contributed by atoms with Crippen LogP contribution in [0.1, 0.15) is 40.0 Å². The highest BCUT2D eigenvalue weighted by Gasteiger charge is 2.56. The molecule has 0 radical (unpaired) electrons. The van der Waals surface area contributed by atoms with Crippen LogP contribution in [0.2, 0.25) is 0 Å². The molecular weight excluding hydrogens is 244 g/mol. The van der Waals surface area contributed by atoms with Crippen LogP contribution in [0.4, 0.5) is 0 Å². The number of ketones is 1. The van der Waals surface area contributed by atoms with E-state index in [1.165, 1.54) is 0 Å². The summed E-state index contributed by atoms with van der Waals surface area (Å²) in [4.78, 5) is 23.8. The molecule has 2 aliphatic carbocycles. The zero-order chi connectivity index (χ0) is 13.9. The van der Waals surface area contributed by atoms with Crippen LogP contribution in [0.15, 0.2) is 11.1 Å². The second-order valence-electron chi connectivity index (χ2n) is 6.45. The van der Waals surface area contributed by atoms with E-state index in [4.69, 9.17) is 4.74 Å². The summed E-state index contributed by atoms with van der Waals surface area (Å²) >= 11 is 0. The molecule has 104 valence electrons. The summed E-state index contributed by atoms with van der Waals surface area (Å²) in [6.07, 6.45) is 0.911. The van der Waals surface area contributed by atoms with Crippen molar-refractivity contribution in [3.8, 4) is 0 Å². The van der Waals surface area contributed by atoms with E-state index in [9.17, 15) is 14.7 Å². The number of allylic oxidation sites excluding steroid dienone is 1. The van der Waals surface area contributed by atoms with E-state index in [0.29, 0.717) is 5.57 Å². The molecule has 0 aromatic rings. The molecule has 0 spiro atoms. The van der Waals surface area contributed by atoms with Gasteiger partial charge >= 0.3 is 5.97 Å². The molecule has 1 N–H and O–H groups in total. The first-order valence-electron chi connectivity index (χ1n) is 6.99. The number of aliphatic hydroxyl groups is 1. The summed E-state index contributed by atoms with van der Waals surface area (Å²) in [5, 5.41) is 10.3. The first kappa shape index (κ1) is 12.9. The molecule has 0 aromatic carbocycles. The Morgan fingerprint density at radius 3 is 2.74 bits per heavy atom. The Bertz CT molecular complexity index is 492. The third-order valence-electron chi connectivity index (χ3n) is 5.48. The van der Waals surface area contributed by atoms with Crippen LogP contribution in [0.5, 0.6) is 0 Å². The first-order chi connectivity index (χ1) is 8.86. The van der Waals surface area contributed by atoms with Crippen molar-refractivity contribution in [1.29, 1.82) is 0 Å². The third-order valence-corrected chi connectivity index (χ3v) is 5.48. The van der Waals surface area contributed by atoms with E-state index in [-0.39, 0.29) is 36.1 Å². The van der Waals surface area contributed by atoms with Crippen LogP contribution in [0.25, 0.3) is 0 Å². The van der Waals surface area contributed by atoms with Crippen molar-refractivity contribution in [2.75, 3.05) is 0 Å². The molecule has 0 amide bonds. The predicted octanol–water partition coefficient (Wildman–Crippen LogP) is 1.61. The van der Waals surface area contributed by atoms with E-state index in [2.05, 4.69) is 0 Å². The van der Waals surface area contributed by atoms with Gasteiger partial charge in [-0.15, -0.1) is 0 Å². The zero-order valence-corrected chi connectivity index (χ0v) is 11.6. The van der Waals surface area contributed by atoms with Gasteiger partial charge in [-0.25, -0.2) is 0 Å². The van der Waals surface area contributed by atoms with Gasteiger partial charge in [0.15, 0.2) is 5.78 Å². The highest BCUT2D eigenvalue weighted by Crippen LogP contribution is 2.54. The summed E-state index contributed by atoms with van der Waals surface area (Å²) < 4.78 is 5.52. The first-order valence-corrected chi connectivity index (χ1v) is 6.99. The number of esters is 1. The van der Waals surface area contributed by atoms with Gasteiger partial charge in [0.05, 0.1) is 12.0 Å². The predicted molar refractivity (Wildman–Crippen MR) is 68.2 cm³/mol. The fraction of sp³-hybridized carbons (Fsp3) is 0.733. The Morgan fingerprint density at radius 2 is 2.05 bits per heavy atom. The lowest BCUT2D eigenvalue weighted by molar-refractivity contribution is -0.144. The highest BCUT2D eigenvalue weighted by atomic mass is 16.6. The molecule has 1 saturated carbocycles. The average molecular weight is 264 g/mol.